The van der Waals surface area contributed by atoms with Gasteiger partial charge in [-0.05, 0) is 232 Å². The highest BCUT2D eigenvalue weighted by Gasteiger charge is 2.63. The fourth-order valence-corrected chi connectivity index (χ4v) is 23.1. The molecule has 10 aromatic carbocycles. The highest BCUT2D eigenvalue weighted by molar-refractivity contribution is 6.15. The van der Waals surface area contributed by atoms with E-state index in [1.807, 2.05) is 0 Å². The summed E-state index contributed by atoms with van der Waals surface area (Å²) in [6.07, 6.45) is 18.9. The molecule has 2 atom stereocenters. The van der Waals surface area contributed by atoms with Gasteiger partial charge in [0.2, 0.25) is 0 Å². The van der Waals surface area contributed by atoms with Crippen LogP contribution in [0.5, 0.6) is 0 Å². The standard InChI is InChI=1S/C32H35N2.C28H27N2.C26H27N2.C23H23N2/c1-20(2)24-14-11-15-25(21(3)4)31(24)28-18-30(33(7)19-23(28)6)34-29-17-9-8-13-26(29)27-16-10-12-22(5)32(27)34;1-18-10-8-11-19(2)27(18)24-17-29(5)26(16-21(24)4)30-25-15-7-6-13-22(25)23-14-9-12-20(3)28(23)30;1-17-8-5-9-18-19-10-6-11-20-23(19)28-21(16-27(2)24(28)22(17)18)26-13-4-3-12-25(20,26)14-7-15-26;1-14-12-13-24(5)22-19(14)23(3,4)18-11-7-10-17-16-9-6-8-15(2)20(16)25(22)21(17)18/h8-21H,1-7H3;6-17H,1-5H3;5-6,8-11,16H,3-4,7,12-15H2,1-2H3;6-13H,1-5H3/q4*+1. The smallest absolute Gasteiger partial charge is 0.236 e. The highest BCUT2D eigenvalue weighted by atomic mass is 15.2. The topological polar surface area (TPSA) is 34.7 Å². The molecule has 0 N–H and O–H groups in total. The number of rotatable bonds is 6. The van der Waals surface area contributed by atoms with Crippen molar-refractivity contribution in [1.29, 1.82) is 0 Å². The van der Waals surface area contributed by atoms with Crippen molar-refractivity contribution in [2.45, 2.75) is 177 Å². The summed E-state index contributed by atoms with van der Waals surface area (Å²) >= 11 is 0. The van der Waals surface area contributed by atoms with Crippen LogP contribution in [0.3, 0.4) is 0 Å². The van der Waals surface area contributed by atoms with Gasteiger partial charge in [-0.3, -0.25) is 0 Å². The third-order valence-corrected chi connectivity index (χ3v) is 28.3. The first-order valence-electron chi connectivity index (χ1n) is 42.9. The van der Waals surface area contributed by atoms with Crippen LogP contribution in [0.4, 0.5) is 0 Å². The first-order chi connectivity index (χ1) is 56.4. The molecule has 0 radical (unpaired) electrons. The summed E-state index contributed by atoms with van der Waals surface area (Å²) in [7, 11) is 8.76. The van der Waals surface area contributed by atoms with E-state index < -0.39 is 0 Å². The predicted molar refractivity (Wildman–Crippen MR) is 489 cm³/mol. The Bertz CT molecular complexity index is 7150. The summed E-state index contributed by atoms with van der Waals surface area (Å²) in [5, 5.41) is 12.2. The zero-order chi connectivity index (χ0) is 81.3. The Hall–Kier alpha value is -11.7. The maximum absolute atomic E-state index is 2.69. The van der Waals surface area contributed by atoms with Crippen molar-refractivity contribution in [3.8, 4) is 39.7 Å². The molecule has 22 rings (SSSR count). The van der Waals surface area contributed by atoms with E-state index in [0.717, 1.165) is 0 Å². The molecular formula is C109H112N8+4. The van der Waals surface area contributed by atoms with E-state index in [9.17, 15) is 0 Å². The van der Waals surface area contributed by atoms with Crippen LogP contribution in [0.15, 0.2) is 237 Å². The molecule has 2 aliphatic carbocycles. The molecule has 0 bridgehead atoms. The van der Waals surface area contributed by atoms with Gasteiger partial charge in [-0.25, -0.2) is 18.3 Å². The van der Waals surface area contributed by atoms with Crippen molar-refractivity contribution in [2.75, 3.05) is 0 Å². The van der Waals surface area contributed by atoms with Crippen LogP contribution in [0, 0.1) is 62.3 Å². The van der Waals surface area contributed by atoms with Gasteiger partial charge >= 0.3 is 0 Å². The molecule has 0 spiro atoms. The van der Waals surface area contributed by atoms with Gasteiger partial charge in [0.1, 0.15) is 44.8 Å². The van der Waals surface area contributed by atoms with Gasteiger partial charge in [0.15, 0.2) is 5.69 Å². The SMILES string of the molecule is Cc1c[n+](C)c(-n2c3ccccc3c3cccc(C)c32)cc1-c1c(C(C)C)cccc1C(C)C.Cc1cc(-n2c3ccccc3c3cccc(C)c32)[n+](C)cc1-c1c(C)cccc1C.Cc1cc[n+](C)c2c1C(C)(C)c1cccc3c4cccc(C)c4n-2c13.Cc1cccc2c3cccc4c3n3c(c[n+](C)c3c12)C12CCCCC41CCC2. The van der Waals surface area contributed by atoms with Crippen LogP contribution in [-0.2, 0) is 44.4 Å². The fraction of sp³-hybridized carbons (Fsp3) is 0.284. The van der Waals surface area contributed by atoms with Crippen molar-refractivity contribution in [2.24, 2.45) is 28.2 Å². The zero-order valence-corrected chi connectivity index (χ0v) is 72.2. The molecule has 117 heavy (non-hydrogen) atoms. The molecule has 4 aliphatic rings. The summed E-state index contributed by atoms with van der Waals surface area (Å²) in [6, 6.07) is 78.6. The van der Waals surface area contributed by atoms with Crippen LogP contribution >= 0.6 is 0 Å². The Labute approximate surface area is 690 Å². The molecular weight excluding hydrogens is 1420 g/mol. The Morgan fingerprint density at radius 2 is 0.786 bits per heavy atom. The maximum atomic E-state index is 2.69. The monoisotopic (exact) mass is 1530 g/mol. The van der Waals surface area contributed by atoms with E-state index in [2.05, 4.69) is 406 Å². The van der Waals surface area contributed by atoms with Gasteiger partial charge < -0.3 is 0 Å². The number of fused-ring (bicyclic) bond motifs is 14. The Balaban J connectivity index is 0.000000104. The van der Waals surface area contributed by atoms with Gasteiger partial charge in [-0.15, -0.1) is 0 Å². The van der Waals surface area contributed by atoms with Gasteiger partial charge in [0, 0.05) is 88.2 Å². The number of aromatic nitrogens is 8. The maximum Gasteiger partial charge on any atom is 0.295 e. The lowest BCUT2D eigenvalue weighted by Crippen LogP contribution is -2.50. The van der Waals surface area contributed by atoms with Crippen LogP contribution in [0.25, 0.3) is 132 Å². The summed E-state index contributed by atoms with van der Waals surface area (Å²) in [6.45, 7) is 34.0. The van der Waals surface area contributed by atoms with E-state index in [-0.39, 0.29) is 5.41 Å². The second-order valence-corrected chi connectivity index (χ2v) is 36.4. The molecule has 8 heteroatoms. The summed E-state index contributed by atoms with van der Waals surface area (Å²) < 4.78 is 19.3. The second-order valence-electron chi connectivity index (χ2n) is 36.4. The molecule has 0 saturated heterocycles. The molecule has 2 aliphatic heterocycles. The first kappa shape index (κ1) is 75.3. The number of aryl methyl sites for hydroxylation is 13. The molecule has 8 aromatic heterocycles. The first-order valence-corrected chi connectivity index (χ1v) is 42.9. The minimum absolute atomic E-state index is 0.0176. The Morgan fingerprint density at radius 3 is 1.38 bits per heavy atom. The number of imidazole rings is 1. The molecule has 2 unspecified atom stereocenters. The second kappa shape index (κ2) is 28.0. The molecule has 584 valence electrons. The number of nitrogens with zero attached hydrogens (tertiary/aromatic N) is 8. The molecule has 2 saturated carbocycles. The Morgan fingerprint density at radius 1 is 0.333 bits per heavy atom. The lowest BCUT2D eigenvalue weighted by atomic mass is 9.52. The van der Waals surface area contributed by atoms with Crippen LogP contribution in [-0.4, -0.2) is 18.1 Å². The van der Waals surface area contributed by atoms with Crippen molar-refractivity contribution < 1.29 is 18.3 Å². The average molecular weight is 1530 g/mol. The lowest BCUT2D eigenvalue weighted by Gasteiger charge is -2.50. The minimum atomic E-state index is -0.0176. The van der Waals surface area contributed by atoms with Crippen molar-refractivity contribution in [1.82, 2.24) is 18.1 Å². The van der Waals surface area contributed by atoms with Crippen molar-refractivity contribution in [3.05, 3.63) is 321 Å². The highest BCUT2D eigenvalue weighted by Crippen LogP contribution is 2.66. The van der Waals surface area contributed by atoms with Gasteiger partial charge in [-0.1, -0.05) is 206 Å². The van der Waals surface area contributed by atoms with Crippen LogP contribution in [0.2, 0.25) is 0 Å². The van der Waals surface area contributed by atoms with E-state index in [0.29, 0.717) is 22.7 Å². The number of para-hydroxylation sites is 7. The molecule has 2 fully saturated rings. The Kier molecular flexibility index (Phi) is 18.0. The van der Waals surface area contributed by atoms with Crippen molar-refractivity contribution in [3.63, 3.8) is 0 Å². The number of pyridine rings is 4. The van der Waals surface area contributed by atoms with Crippen LogP contribution < -0.4 is 18.3 Å². The number of hydrogen-bond donors (Lipinski definition) is 0. The summed E-state index contributed by atoms with van der Waals surface area (Å²) in [4.78, 5) is 0. The summed E-state index contributed by atoms with van der Waals surface area (Å²) in [5.74, 6) is 4.59. The van der Waals surface area contributed by atoms with Gasteiger partial charge in [0.05, 0.1) is 57.7 Å². The quantitative estimate of drug-likeness (QED) is 0.117. The van der Waals surface area contributed by atoms with Gasteiger partial charge in [0.25, 0.3) is 23.1 Å². The average Bonchev–Trinajstić information content (AvgIpc) is 1.53. The lowest BCUT2D eigenvalue weighted by molar-refractivity contribution is -0.666. The fourth-order valence-electron chi connectivity index (χ4n) is 23.1. The minimum Gasteiger partial charge on any atom is -0.236 e. The molecule has 18 aromatic rings. The van der Waals surface area contributed by atoms with E-state index >= 15 is 0 Å². The molecule has 0 amide bonds. The number of hydrogen-bond acceptors (Lipinski definition) is 0. The summed E-state index contributed by atoms with van der Waals surface area (Å²) in [5.41, 5.74) is 37.6. The van der Waals surface area contributed by atoms with Crippen LogP contribution in [0.1, 0.15) is 182 Å². The largest absolute Gasteiger partial charge is 0.295 e. The zero-order valence-electron chi connectivity index (χ0n) is 72.2. The van der Waals surface area contributed by atoms with E-state index in [1.165, 1.54) is 250 Å². The van der Waals surface area contributed by atoms with E-state index in [4.69, 9.17) is 0 Å². The van der Waals surface area contributed by atoms with E-state index in [1.54, 1.807) is 11.3 Å². The van der Waals surface area contributed by atoms with Crippen molar-refractivity contribution >= 4 is 92.7 Å². The normalized spacial score (nSPS) is 16.4. The predicted octanol–water partition coefficient (Wildman–Crippen LogP) is 25.1. The third-order valence-electron chi connectivity index (χ3n) is 28.3. The third kappa shape index (κ3) is 11.1. The molecule has 10 heterocycles. The van der Waals surface area contributed by atoms with Gasteiger partial charge in [-0.2, -0.15) is 18.1 Å². The number of benzene rings is 10. The molecule has 8 nitrogen and oxygen atoms in total.